The fourth-order valence-corrected chi connectivity index (χ4v) is 6.25. The van der Waals surface area contributed by atoms with Crippen LogP contribution in [0.2, 0.25) is 0 Å². The van der Waals surface area contributed by atoms with E-state index in [0.717, 1.165) is 43.2 Å². The van der Waals surface area contributed by atoms with Gasteiger partial charge in [-0.2, -0.15) is 0 Å². The molecule has 42 heavy (non-hydrogen) atoms. The highest BCUT2D eigenvalue weighted by Gasteiger charge is 2.25. The van der Waals surface area contributed by atoms with Gasteiger partial charge < -0.3 is 16.0 Å². The van der Waals surface area contributed by atoms with E-state index in [9.17, 15) is 18.0 Å². The lowest BCUT2D eigenvalue weighted by Crippen LogP contribution is -2.51. The van der Waals surface area contributed by atoms with Crippen molar-refractivity contribution in [3.63, 3.8) is 0 Å². The Morgan fingerprint density at radius 1 is 1.02 bits per heavy atom. The summed E-state index contributed by atoms with van der Waals surface area (Å²) in [5.74, 6) is 0.0777. The number of benzene rings is 2. The zero-order valence-electron chi connectivity index (χ0n) is 26.2. The van der Waals surface area contributed by atoms with Crippen LogP contribution in [0.3, 0.4) is 0 Å². The molecule has 4 bridgehead atoms. The summed E-state index contributed by atoms with van der Waals surface area (Å²) >= 11 is 0. The number of carbonyl (C=O) groups is 2. The summed E-state index contributed by atoms with van der Waals surface area (Å²) in [6, 6.07) is 13.3. The first-order valence-electron chi connectivity index (χ1n) is 15.4. The van der Waals surface area contributed by atoms with Crippen molar-refractivity contribution < 1.29 is 18.0 Å². The van der Waals surface area contributed by atoms with Crippen LogP contribution in [0.4, 0.5) is 5.69 Å². The van der Waals surface area contributed by atoms with Crippen LogP contribution in [0.15, 0.2) is 42.5 Å². The number of sulfonamides is 1. The SMILES string of the molecule is CCC[C@H](NC[C@@H]1Cc2cccc(c2)CCCCc2cc(cc(N(C)S(=O)(=O)C(C)C)c2)C(=O)N1)C(=O)NCC(C)C. The monoisotopic (exact) mass is 598 g/mol. The summed E-state index contributed by atoms with van der Waals surface area (Å²) in [6.45, 7) is 10.5. The number of hydrogen-bond donors (Lipinski definition) is 3. The Hall–Kier alpha value is -2.91. The van der Waals surface area contributed by atoms with E-state index in [2.05, 4.69) is 61.0 Å². The Kier molecular flexibility index (Phi) is 12.4. The van der Waals surface area contributed by atoms with Gasteiger partial charge in [-0.15, -0.1) is 0 Å². The van der Waals surface area contributed by atoms with Crippen LogP contribution in [-0.4, -0.2) is 57.7 Å². The average molecular weight is 599 g/mol. The second kappa shape index (κ2) is 15.5. The van der Waals surface area contributed by atoms with Crippen molar-refractivity contribution in [1.29, 1.82) is 0 Å². The molecule has 0 aromatic heterocycles. The van der Waals surface area contributed by atoms with E-state index in [4.69, 9.17) is 0 Å². The van der Waals surface area contributed by atoms with Gasteiger partial charge in [-0.25, -0.2) is 8.42 Å². The second-order valence-corrected chi connectivity index (χ2v) is 14.8. The van der Waals surface area contributed by atoms with Crippen molar-refractivity contribution >= 4 is 27.5 Å². The van der Waals surface area contributed by atoms with Crippen LogP contribution < -0.4 is 20.3 Å². The first-order valence-corrected chi connectivity index (χ1v) is 16.9. The summed E-state index contributed by atoms with van der Waals surface area (Å²) in [5, 5.41) is 9.08. The number of carbonyl (C=O) groups excluding carboxylic acids is 2. The molecule has 2 aromatic carbocycles. The van der Waals surface area contributed by atoms with Crippen LogP contribution >= 0.6 is 0 Å². The number of nitrogens with zero attached hydrogens (tertiary/aromatic N) is 1. The molecule has 0 radical (unpaired) electrons. The molecular formula is C33H50N4O4S. The molecule has 0 unspecified atom stereocenters. The van der Waals surface area contributed by atoms with E-state index in [0.29, 0.717) is 43.1 Å². The van der Waals surface area contributed by atoms with Gasteiger partial charge in [0, 0.05) is 31.7 Å². The minimum atomic E-state index is -3.56. The number of fused-ring (bicyclic) bond motifs is 4. The number of aryl methyl sites for hydroxylation is 2. The van der Waals surface area contributed by atoms with Gasteiger partial charge in [-0.05, 0) is 93.2 Å². The smallest absolute Gasteiger partial charge is 0.251 e. The highest BCUT2D eigenvalue weighted by Crippen LogP contribution is 2.25. The Morgan fingerprint density at radius 3 is 2.38 bits per heavy atom. The fourth-order valence-electron chi connectivity index (χ4n) is 5.22. The predicted molar refractivity (Wildman–Crippen MR) is 171 cm³/mol. The molecule has 1 aliphatic rings. The second-order valence-electron chi connectivity index (χ2n) is 12.2. The Balaban J connectivity index is 1.92. The van der Waals surface area contributed by atoms with Gasteiger partial charge >= 0.3 is 0 Å². The van der Waals surface area contributed by atoms with E-state index in [1.165, 1.54) is 9.87 Å². The topological polar surface area (TPSA) is 108 Å². The van der Waals surface area contributed by atoms with E-state index in [1.54, 1.807) is 27.0 Å². The molecule has 0 aliphatic carbocycles. The molecule has 0 spiro atoms. The minimum absolute atomic E-state index is 0.0218. The first kappa shape index (κ1) is 33.6. The number of amides is 2. The van der Waals surface area contributed by atoms with Gasteiger partial charge in [0.25, 0.3) is 5.91 Å². The molecule has 8 nitrogen and oxygen atoms in total. The summed E-state index contributed by atoms with van der Waals surface area (Å²) in [4.78, 5) is 26.7. The highest BCUT2D eigenvalue weighted by atomic mass is 32.2. The summed E-state index contributed by atoms with van der Waals surface area (Å²) in [6.07, 6.45) is 5.78. The molecule has 2 amide bonds. The normalized spacial score (nSPS) is 17.0. The molecule has 3 N–H and O–H groups in total. The van der Waals surface area contributed by atoms with Crippen LogP contribution in [0, 0.1) is 5.92 Å². The largest absolute Gasteiger partial charge is 0.354 e. The van der Waals surface area contributed by atoms with Gasteiger partial charge in [-0.1, -0.05) is 51.5 Å². The summed E-state index contributed by atoms with van der Waals surface area (Å²) in [7, 11) is -2.01. The zero-order chi connectivity index (χ0) is 30.9. The quantitative estimate of drug-likeness (QED) is 0.350. The van der Waals surface area contributed by atoms with Crippen molar-refractivity contribution in [3.05, 3.63) is 64.7 Å². The zero-order valence-corrected chi connectivity index (χ0v) is 27.0. The lowest BCUT2D eigenvalue weighted by Gasteiger charge is -2.25. The molecule has 9 heteroatoms. The maximum Gasteiger partial charge on any atom is 0.251 e. The molecule has 0 fully saturated rings. The van der Waals surface area contributed by atoms with E-state index in [-0.39, 0.29) is 23.9 Å². The highest BCUT2D eigenvalue weighted by molar-refractivity contribution is 7.93. The molecule has 1 aliphatic heterocycles. The van der Waals surface area contributed by atoms with Crippen LogP contribution in [0.5, 0.6) is 0 Å². The standard InChI is InChI=1S/C33H50N4O4S/c1-7-11-31(33(39)35-21-23(2)3)34-22-29-18-26-15-10-14-25(16-26)12-8-9-13-27-17-28(32(38)36-29)20-30(19-27)37(6)42(40,41)24(4)5/h10,14-17,19-20,23-24,29,31,34H,7-9,11-13,18,21-22H2,1-6H3,(H,35,39)(H,36,38)/t29-,31-/m0/s1. The van der Waals surface area contributed by atoms with Crippen LogP contribution in [-0.2, 0) is 34.1 Å². The molecule has 3 rings (SSSR count). The minimum Gasteiger partial charge on any atom is -0.354 e. The first-order chi connectivity index (χ1) is 19.9. The maximum absolute atomic E-state index is 13.7. The fraction of sp³-hybridized carbons (Fsp3) is 0.576. The van der Waals surface area contributed by atoms with E-state index < -0.39 is 15.3 Å². The average Bonchev–Trinajstić information content (AvgIpc) is 2.95. The van der Waals surface area contributed by atoms with E-state index in [1.807, 2.05) is 12.1 Å². The maximum atomic E-state index is 13.7. The predicted octanol–water partition coefficient (Wildman–Crippen LogP) is 4.61. The number of anilines is 1. The number of rotatable bonds is 11. The summed E-state index contributed by atoms with van der Waals surface area (Å²) in [5.41, 5.74) is 4.25. The van der Waals surface area contributed by atoms with Gasteiger partial charge in [0.2, 0.25) is 15.9 Å². The Morgan fingerprint density at radius 2 is 1.71 bits per heavy atom. The lowest BCUT2D eigenvalue weighted by molar-refractivity contribution is -0.123. The molecule has 2 aromatic rings. The third kappa shape index (κ3) is 9.56. The molecule has 0 saturated heterocycles. The third-order valence-corrected chi connectivity index (χ3v) is 9.93. The molecule has 2 atom stereocenters. The molecule has 1 heterocycles. The number of hydrogen-bond acceptors (Lipinski definition) is 5. The molecular weight excluding hydrogens is 548 g/mol. The van der Waals surface area contributed by atoms with Crippen molar-refractivity contribution in [2.24, 2.45) is 5.92 Å². The van der Waals surface area contributed by atoms with Crippen molar-refractivity contribution in [1.82, 2.24) is 16.0 Å². The molecule has 0 saturated carbocycles. The van der Waals surface area contributed by atoms with Gasteiger partial charge in [-0.3, -0.25) is 13.9 Å². The van der Waals surface area contributed by atoms with Crippen molar-refractivity contribution in [2.45, 2.75) is 96.9 Å². The van der Waals surface area contributed by atoms with Crippen LogP contribution in [0.1, 0.15) is 87.4 Å². The van der Waals surface area contributed by atoms with Gasteiger partial charge in [0.1, 0.15) is 0 Å². The van der Waals surface area contributed by atoms with Crippen molar-refractivity contribution in [2.75, 3.05) is 24.4 Å². The summed E-state index contributed by atoms with van der Waals surface area (Å²) < 4.78 is 27.2. The Bertz CT molecular complexity index is 1310. The Labute approximate surface area is 253 Å². The van der Waals surface area contributed by atoms with Gasteiger partial charge in [0.15, 0.2) is 0 Å². The van der Waals surface area contributed by atoms with Gasteiger partial charge in [0.05, 0.1) is 17.0 Å². The third-order valence-electron chi connectivity index (χ3n) is 7.76. The van der Waals surface area contributed by atoms with Crippen LogP contribution in [0.25, 0.3) is 0 Å². The number of nitrogens with one attached hydrogen (secondary N) is 3. The molecule has 232 valence electrons. The lowest BCUT2D eigenvalue weighted by atomic mass is 9.97. The van der Waals surface area contributed by atoms with E-state index >= 15 is 0 Å². The van der Waals surface area contributed by atoms with Crippen molar-refractivity contribution in [3.8, 4) is 0 Å².